The third-order valence-electron chi connectivity index (χ3n) is 2.04. The minimum atomic E-state index is -3.75. The Morgan fingerprint density at radius 1 is 1.09 bits per heavy atom. The van der Waals surface area contributed by atoms with Crippen LogP contribution >= 0.6 is 0 Å². The van der Waals surface area contributed by atoms with E-state index in [9.17, 15) is 0 Å². The smallest absolute Gasteiger partial charge is 0.390 e. The molecule has 3 nitrogen and oxygen atoms in total. The molecule has 0 unspecified atom stereocenters. The van der Waals surface area contributed by atoms with Crippen LogP contribution in [0, 0.1) is 5.92 Å². The van der Waals surface area contributed by atoms with Crippen molar-refractivity contribution in [2.75, 3.05) is 0 Å². The first-order valence-corrected chi connectivity index (χ1v) is 6.21. The minimum absolute atomic E-state index is 0.180. The van der Waals surface area contributed by atoms with Crippen LogP contribution in [0.3, 0.4) is 0 Å². The maximum absolute atomic E-state index is 8.71. The monoisotopic (exact) mass is 178 g/mol. The fraction of sp³-hybridized carbons (Fsp3) is 1.00. The van der Waals surface area contributed by atoms with Gasteiger partial charge in [-0.3, -0.25) is 0 Å². The lowest BCUT2D eigenvalue weighted by molar-refractivity contribution is 0.222. The van der Waals surface area contributed by atoms with Gasteiger partial charge < -0.3 is 14.4 Å². The van der Waals surface area contributed by atoms with E-state index >= 15 is 0 Å². The van der Waals surface area contributed by atoms with Crippen LogP contribution < -0.4 is 0 Å². The summed E-state index contributed by atoms with van der Waals surface area (Å²) in [6.07, 6.45) is 2.81. The van der Waals surface area contributed by atoms with E-state index in [1.165, 1.54) is 0 Å². The summed E-state index contributed by atoms with van der Waals surface area (Å²) < 4.78 is 0. The first kappa shape index (κ1) is 11.1. The van der Waals surface area contributed by atoms with Crippen molar-refractivity contribution < 1.29 is 14.4 Å². The van der Waals surface area contributed by atoms with E-state index in [1.807, 2.05) is 0 Å². The molecule has 0 bridgehead atoms. The Kier molecular flexibility index (Phi) is 4.91. The van der Waals surface area contributed by atoms with Gasteiger partial charge in [-0.2, -0.15) is 0 Å². The molecule has 11 heavy (non-hydrogen) atoms. The molecule has 0 aliphatic carbocycles. The Balaban J connectivity index is 3.51. The van der Waals surface area contributed by atoms with Gasteiger partial charge in [0.05, 0.1) is 0 Å². The molecular weight excluding hydrogens is 160 g/mol. The maximum atomic E-state index is 8.71. The van der Waals surface area contributed by atoms with Crippen LogP contribution in [0.2, 0.25) is 6.04 Å². The van der Waals surface area contributed by atoms with Gasteiger partial charge in [0.1, 0.15) is 0 Å². The summed E-state index contributed by atoms with van der Waals surface area (Å²) in [6.45, 7) is 4.15. The molecule has 0 aromatic heterocycles. The highest BCUT2D eigenvalue weighted by Crippen LogP contribution is 2.17. The summed E-state index contributed by atoms with van der Waals surface area (Å²) in [5.74, 6) is 0.522. The molecule has 0 aromatic carbocycles. The fourth-order valence-corrected chi connectivity index (χ4v) is 1.89. The van der Waals surface area contributed by atoms with Crippen LogP contribution in [0.25, 0.3) is 0 Å². The number of hydrogen-bond acceptors (Lipinski definition) is 3. The molecule has 0 saturated carbocycles. The summed E-state index contributed by atoms with van der Waals surface area (Å²) in [5, 5.41) is 0. The van der Waals surface area contributed by atoms with E-state index in [-0.39, 0.29) is 6.04 Å². The second-order valence-electron chi connectivity index (χ2n) is 3.00. The Morgan fingerprint density at radius 3 is 1.82 bits per heavy atom. The second kappa shape index (κ2) is 4.87. The van der Waals surface area contributed by atoms with Crippen LogP contribution in [0.5, 0.6) is 0 Å². The van der Waals surface area contributed by atoms with E-state index in [1.54, 1.807) is 0 Å². The summed E-state index contributed by atoms with van der Waals surface area (Å²) in [7, 11) is -3.75. The molecule has 3 N–H and O–H groups in total. The lowest BCUT2D eigenvalue weighted by atomic mass is 10.0. The Morgan fingerprint density at radius 2 is 1.55 bits per heavy atom. The Bertz CT molecular complexity index is 96.3. The SMILES string of the molecule is CCC(CC)CC[Si](O)(O)O. The van der Waals surface area contributed by atoms with Gasteiger partial charge in [-0.1, -0.05) is 26.7 Å². The van der Waals surface area contributed by atoms with E-state index < -0.39 is 8.80 Å². The highest BCUT2D eigenvalue weighted by Gasteiger charge is 2.26. The van der Waals surface area contributed by atoms with Gasteiger partial charge in [0.15, 0.2) is 0 Å². The molecule has 0 aliphatic heterocycles. The first-order valence-electron chi connectivity index (χ1n) is 4.16. The molecule has 0 rings (SSSR count). The standard InChI is InChI=1S/C7H18O3Si/c1-3-7(4-2)5-6-11(8,9)10/h7-10H,3-6H2,1-2H3. The molecule has 0 fully saturated rings. The van der Waals surface area contributed by atoms with Gasteiger partial charge in [-0.25, -0.2) is 0 Å². The lowest BCUT2D eigenvalue weighted by Crippen LogP contribution is -2.34. The largest absolute Gasteiger partial charge is 0.492 e. The van der Waals surface area contributed by atoms with Crippen molar-refractivity contribution in [2.45, 2.75) is 39.2 Å². The van der Waals surface area contributed by atoms with Crippen LogP contribution in [0.4, 0.5) is 0 Å². The fourth-order valence-electron chi connectivity index (χ4n) is 1.09. The predicted molar refractivity (Wildman–Crippen MR) is 45.9 cm³/mol. The molecule has 0 radical (unpaired) electrons. The van der Waals surface area contributed by atoms with Crippen molar-refractivity contribution in [3.05, 3.63) is 0 Å². The van der Waals surface area contributed by atoms with Crippen molar-refractivity contribution in [3.8, 4) is 0 Å². The van der Waals surface area contributed by atoms with Crippen LogP contribution in [-0.4, -0.2) is 23.2 Å². The molecule has 0 heterocycles. The quantitative estimate of drug-likeness (QED) is 0.544. The summed E-state index contributed by atoms with van der Waals surface area (Å²) >= 11 is 0. The maximum Gasteiger partial charge on any atom is 0.492 e. The van der Waals surface area contributed by atoms with E-state index in [2.05, 4.69) is 13.8 Å². The third kappa shape index (κ3) is 6.49. The van der Waals surface area contributed by atoms with Gasteiger partial charge in [0, 0.05) is 6.04 Å². The zero-order valence-electron chi connectivity index (χ0n) is 7.25. The Labute approximate surface area is 69.1 Å². The van der Waals surface area contributed by atoms with Crippen LogP contribution in [-0.2, 0) is 0 Å². The first-order chi connectivity index (χ1) is 4.99. The van der Waals surface area contributed by atoms with Crippen molar-refractivity contribution in [2.24, 2.45) is 5.92 Å². The van der Waals surface area contributed by atoms with E-state index in [4.69, 9.17) is 14.4 Å². The molecule has 4 heteroatoms. The van der Waals surface area contributed by atoms with Crippen molar-refractivity contribution in [1.29, 1.82) is 0 Å². The predicted octanol–water partition coefficient (Wildman–Crippen LogP) is 0.728. The van der Waals surface area contributed by atoms with E-state index in [0.29, 0.717) is 5.92 Å². The molecule has 0 aromatic rings. The zero-order valence-corrected chi connectivity index (χ0v) is 8.25. The normalized spacial score (nSPS) is 12.5. The topological polar surface area (TPSA) is 60.7 Å². The van der Waals surface area contributed by atoms with Gasteiger partial charge in [-0.05, 0) is 12.3 Å². The van der Waals surface area contributed by atoms with Gasteiger partial charge >= 0.3 is 8.80 Å². The number of hydrogen-bond donors (Lipinski definition) is 3. The van der Waals surface area contributed by atoms with Crippen LogP contribution in [0.15, 0.2) is 0 Å². The molecule has 0 saturated heterocycles. The average molecular weight is 178 g/mol. The Hall–Kier alpha value is 0.0969. The molecule has 0 atom stereocenters. The summed E-state index contributed by atoms with van der Waals surface area (Å²) in [4.78, 5) is 26.1. The molecule has 0 spiro atoms. The second-order valence-corrected chi connectivity index (χ2v) is 5.04. The average Bonchev–Trinajstić information content (AvgIpc) is 1.88. The lowest BCUT2D eigenvalue weighted by Gasteiger charge is -2.14. The highest BCUT2D eigenvalue weighted by molar-refractivity contribution is 6.56. The van der Waals surface area contributed by atoms with Crippen LogP contribution in [0.1, 0.15) is 33.1 Å². The van der Waals surface area contributed by atoms with Crippen molar-refractivity contribution >= 4 is 8.80 Å². The zero-order chi connectivity index (χ0) is 8.91. The molecular formula is C7H18O3Si. The van der Waals surface area contributed by atoms with Gasteiger partial charge in [0.25, 0.3) is 0 Å². The van der Waals surface area contributed by atoms with Gasteiger partial charge in [0.2, 0.25) is 0 Å². The number of rotatable bonds is 5. The molecule has 0 amide bonds. The highest BCUT2D eigenvalue weighted by atomic mass is 28.4. The molecule has 68 valence electrons. The molecule has 0 aliphatic rings. The minimum Gasteiger partial charge on any atom is -0.390 e. The summed E-state index contributed by atoms with van der Waals surface area (Å²) in [6, 6.07) is 0.180. The third-order valence-corrected chi connectivity index (χ3v) is 3.00. The van der Waals surface area contributed by atoms with Crippen molar-refractivity contribution in [1.82, 2.24) is 0 Å². The van der Waals surface area contributed by atoms with Gasteiger partial charge in [-0.15, -0.1) is 0 Å². The van der Waals surface area contributed by atoms with Crippen molar-refractivity contribution in [3.63, 3.8) is 0 Å². The summed E-state index contributed by atoms with van der Waals surface area (Å²) in [5.41, 5.74) is 0. The van der Waals surface area contributed by atoms with E-state index in [0.717, 1.165) is 19.3 Å².